The first-order valence-corrected chi connectivity index (χ1v) is 10.5. The van der Waals surface area contributed by atoms with Gasteiger partial charge in [0.2, 0.25) is 5.91 Å². The number of carbonyl (C=O) groups excluding carboxylic acids is 1. The highest BCUT2D eigenvalue weighted by Crippen LogP contribution is 2.19. The van der Waals surface area contributed by atoms with Crippen LogP contribution in [0.25, 0.3) is 0 Å². The van der Waals surface area contributed by atoms with E-state index in [-0.39, 0.29) is 12.0 Å². The average molecular weight is 399 g/mol. The van der Waals surface area contributed by atoms with Gasteiger partial charge in [-0.3, -0.25) is 14.8 Å². The normalized spacial score (nSPS) is 22.0. The molecule has 2 saturated heterocycles. The Balaban J connectivity index is 1.42. The van der Waals surface area contributed by atoms with Gasteiger partial charge in [-0.15, -0.1) is 0 Å². The molecule has 7 nitrogen and oxygen atoms in total. The van der Waals surface area contributed by atoms with Crippen LogP contribution in [0.1, 0.15) is 24.1 Å². The highest BCUT2D eigenvalue weighted by Gasteiger charge is 2.30. The minimum absolute atomic E-state index is 0.0237. The number of amides is 1. The van der Waals surface area contributed by atoms with E-state index in [1.807, 2.05) is 29.2 Å². The van der Waals surface area contributed by atoms with Crippen LogP contribution in [-0.2, 0) is 27.4 Å². The van der Waals surface area contributed by atoms with E-state index < -0.39 is 0 Å². The molecule has 1 aromatic carbocycles. The molecule has 0 bridgehead atoms. The Labute approximate surface area is 172 Å². The molecule has 0 radical (unpaired) electrons. The largest absolute Gasteiger partial charge is 0.381 e. The second kappa shape index (κ2) is 10.0. The zero-order valence-electron chi connectivity index (χ0n) is 16.8. The molecule has 7 heteroatoms. The summed E-state index contributed by atoms with van der Waals surface area (Å²) in [4.78, 5) is 17.2. The summed E-state index contributed by atoms with van der Waals surface area (Å²) in [5, 5.41) is 7.03. The number of rotatable bonds is 7. The Morgan fingerprint density at radius 1 is 1.14 bits per heavy atom. The van der Waals surface area contributed by atoms with Crippen LogP contribution in [0.4, 0.5) is 0 Å². The van der Waals surface area contributed by atoms with E-state index in [2.05, 4.69) is 27.2 Å². The molecule has 2 aliphatic heterocycles. The number of aromatic nitrogens is 2. The maximum atomic E-state index is 13.0. The number of carbonyl (C=O) groups is 1. The second-order valence-electron chi connectivity index (χ2n) is 8.02. The number of nitrogens with zero attached hydrogens (tertiary/aromatic N) is 3. The van der Waals surface area contributed by atoms with Crippen LogP contribution in [0.5, 0.6) is 0 Å². The fourth-order valence-corrected chi connectivity index (χ4v) is 4.09. The molecule has 1 amide bonds. The number of hydrogen-bond donors (Lipinski definition) is 1. The van der Waals surface area contributed by atoms with E-state index in [9.17, 15) is 4.79 Å². The van der Waals surface area contributed by atoms with Crippen LogP contribution >= 0.6 is 0 Å². The molecule has 0 saturated carbocycles. The van der Waals surface area contributed by atoms with E-state index >= 15 is 0 Å². The molecule has 0 aliphatic carbocycles. The summed E-state index contributed by atoms with van der Waals surface area (Å²) in [6, 6.07) is 12.2. The topological polar surface area (TPSA) is 70.7 Å². The van der Waals surface area contributed by atoms with Gasteiger partial charge in [0.15, 0.2) is 0 Å². The van der Waals surface area contributed by atoms with Crippen LogP contribution in [0, 0.1) is 5.92 Å². The molecule has 1 aromatic heterocycles. The third kappa shape index (κ3) is 5.88. The van der Waals surface area contributed by atoms with E-state index in [1.165, 1.54) is 0 Å². The van der Waals surface area contributed by atoms with Gasteiger partial charge in [-0.1, -0.05) is 30.3 Å². The second-order valence-corrected chi connectivity index (χ2v) is 8.02. The molecule has 1 unspecified atom stereocenters. The molecule has 3 heterocycles. The van der Waals surface area contributed by atoms with Crippen LogP contribution in [0.3, 0.4) is 0 Å². The SMILES string of the molecule is O=C1CN(Cc2ccn[nH]2)CC(OCc2ccccc2)CN1CC1CCOCC1. The summed E-state index contributed by atoms with van der Waals surface area (Å²) < 4.78 is 11.8. The quantitative estimate of drug-likeness (QED) is 0.773. The standard InChI is InChI=1S/C22H30N4O3/c27-22-16-25(13-20-6-9-23-24-20)14-21(29-17-19-4-2-1-3-5-19)15-26(22)12-18-7-10-28-11-8-18/h1-6,9,18,21H,7-8,10-17H2,(H,23,24). The zero-order valence-corrected chi connectivity index (χ0v) is 16.8. The van der Waals surface area contributed by atoms with Crippen molar-refractivity contribution in [3.8, 4) is 0 Å². The number of hydrogen-bond acceptors (Lipinski definition) is 5. The third-order valence-electron chi connectivity index (χ3n) is 5.70. The minimum Gasteiger partial charge on any atom is -0.381 e. The van der Waals surface area contributed by atoms with Crippen molar-refractivity contribution < 1.29 is 14.3 Å². The molecule has 2 aliphatic rings. The van der Waals surface area contributed by atoms with Crippen molar-refractivity contribution in [2.75, 3.05) is 39.4 Å². The first-order valence-electron chi connectivity index (χ1n) is 10.5. The van der Waals surface area contributed by atoms with Crippen LogP contribution < -0.4 is 0 Å². The Morgan fingerprint density at radius 2 is 1.97 bits per heavy atom. The molecule has 1 atom stereocenters. The Morgan fingerprint density at radius 3 is 2.72 bits per heavy atom. The van der Waals surface area contributed by atoms with Crippen molar-refractivity contribution in [3.63, 3.8) is 0 Å². The average Bonchev–Trinajstić information content (AvgIpc) is 3.20. The molecular formula is C22H30N4O3. The molecule has 156 valence electrons. The number of aromatic amines is 1. The van der Waals surface area contributed by atoms with Gasteiger partial charge < -0.3 is 14.4 Å². The summed E-state index contributed by atoms with van der Waals surface area (Å²) in [7, 11) is 0. The van der Waals surface area contributed by atoms with Gasteiger partial charge in [0.1, 0.15) is 0 Å². The van der Waals surface area contributed by atoms with Crippen molar-refractivity contribution in [1.82, 2.24) is 20.0 Å². The minimum atomic E-state index is -0.0237. The van der Waals surface area contributed by atoms with E-state index in [0.717, 1.165) is 50.4 Å². The van der Waals surface area contributed by atoms with Gasteiger partial charge in [-0.2, -0.15) is 5.10 Å². The van der Waals surface area contributed by atoms with Gasteiger partial charge in [0.25, 0.3) is 0 Å². The van der Waals surface area contributed by atoms with Crippen LogP contribution in [0.15, 0.2) is 42.6 Å². The van der Waals surface area contributed by atoms with E-state index in [0.29, 0.717) is 32.2 Å². The van der Waals surface area contributed by atoms with Crippen molar-refractivity contribution in [2.45, 2.75) is 32.1 Å². The number of nitrogens with one attached hydrogen (secondary N) is 1. The Bertz CT molecular complexity index is 747. The number of benzene rings is 1. The summed E-state index contributed by atoms with van der Waals surface area (Å²) in [5.74, 6) is 0.698. The van der Waals surface area contributed by atoms with Crippen molar-refractivity contribution in [2.24, 2.45) is 5.92 Å². The van der Waals surface area contributed by atoms with Crippen LogP contribution in [0.2, 0.25) is 0 Å². The van der Waals surface area contributed by atoms with E-state index in [1.54, 1.807) is 6.20 Å². The number of ether oxygens (including phenoxy) is 2. The molecule has 4 rings (SSSR count). The van der Waals surface area contributed by atoms with Gasteiger partial charge in [-0.25, -0.2) is 0 Å². The lowest BCUT2D eigenvalue weighted by atomic mass is 9.99. The van der Waals surface area contributed by atoms with Crippen molar-refractivity contribution in [3.05, 3.63) is 53.9 Å². The van der Waals surface area contributed by atoms with Crippen LogP contribution in [-0.4, -0.2) is 71.4 Å². The fraction of sp³-hybridized carbons (Fsp3) is 0.545. The lowest BCUT2D eigenvalue weighted by Gasteiger charge is -2.30. The van der Waals surface area contributed by atoms with Gasteiger partial charge >= 0.3 is 0 Å². The predicted molar refractivity (Wildman–Crippen MR) is 109 cm³/mol. The molecular weight excluding hydrogens is 368 g/mol. The maximum Gasteiger partial charge on any atom is 0.236 e. The zero-order chi connectivity index (χ0) is 19.9. The summed E-state index contributed by atoms with van der Waals surface area (Å²) >= 11 is 0. The maximum absolute atomic E-state index is 13.0. The first kappa shape index (κ1) is 20.1. The Kier molecular flexibility index (Phi) is 6.92. The third-order valence-corrected chi connectivity index (χ3v) is 5.70. The molecule has 1 N–H and O–H groups in total. The van der Waals surface area contributed by atoms with Gasteiger partial charge in [0, 0.05) is 51.3 Å². The summed E-state index contributed by atoms with van der Waals surface area (Å²) in [6.07, 6.45) is 3.77. The highest BCUT2D eigenvalue weighted by molar-refractivity contribution is 5.78. The lowest BCUT2D eigenvalue weighted by molar-refractivity contribution is -0.133. The molecule has 0 spiro atoms. The van der Waals surface area contributed by atoms with Crippen molar-refractivity contribution in [1.29, 1.82) is 0 Å². The highest BCUT2D eigenvalue weighted by atomic mass is 16.5. The van der Waals surface area contributed by atoms with Gasteiger partial charge in [0.05, 0.1) is 19.3 Å². The number of H-pyrrole nitrogens is 1. The first-order chi connectivity index (χ1) is 14.3. The molecule has 2 fully saturated rings. The summed E-state index contributed by atoms with van der Waals surface area (Å²) in [6.45, 7) is 5.40. The monoisotopic (exact) mass is 398 g/mol. The van der Waals surface area contributed by atoms with E-state index in [4.69, 9.17) is 9.47 Å². The fourth-order valence-electron chi connectivity index (χ4n) is 4.09. The predicted octanol–water partition coefficient (Wildman–Crippen LogP) is 2.07. The Hall–Kier alpha value is -2.22. The summed E-state index contributed by atoms with van der Waals surface area (Å²) in [5.41, 5.74) is 2.16. The smallest absolute Gasteiger partial charge is 0.236 e. The van der Waals surface area contributed by atoms with Gasteiger partial charge in [-0.05, 0) is 30.4 Å². The van der Waals surface area contributed by atoms with Crippen molar-refractivity contribution >= 4 is 5.91 Å². The lowest BCUT2D eigenvalue weighted by Crippen LogP contribution is -2.42. The molecule has 2 aromatic rings. The molecule has 29 heavy (non-hydrogen) atoms.